The second-order valence-electron chi connectivity index (χ2n) is 4.86. The van der Waals surface area contributed by atoms with Gasteiger partial charge < -0.3 is 10.6 Å². The van der Waals surface area contributed by atoms with Gasteiger partial charge in [0.25, 0.3) is 0 Å². The number of nitriles is 1. The summed E-state index contributed by atoms with van der Waals surface area (Å²) in [4.78, 5) is 0. The highest BCUT2D eigenvalue weighted by Crippen LogP contribution is 2.33. The minimum absolute atomic E-state index is 0.353. The first kappa shape index (κ1) is 15.4. The van der Waals surface area contributed by atoms with Crippen molar-refractivity contribution in [2.75, 3.05) is 25.0 Å². The third kappa shape index (κ3) is 4.23. The number of hydrogen-bond donors (Lipinski definition) is 2. The molecule has 1 heterocycles. The van der Waals surface area contributed by atoms with Gasteiger partial charge in [-0.2, -0.15) is 18.4 Å². The lowest BCUT2D eigenvalue weighted by Crippen LogP contribution is -2.21. The van der Waals surface area contributed by atoms with Crippen molar-refractivity contribution >= 4 is 5.69 Å². The summed E-state index contributed by atoms with van der Waals surface area (Å²) in [6, 6.07) is 5.28. The average molecular weight is 295 g/mol. The fourth-order valence-electron chi connectivity index (χ4n) is 2.25. The summed E-state index contributed by atoms with van der Waals surface area (Å²) < 4.78 is 38.5. The van der Waals surface area contributed by atoms with Gasteiger partial charge in [0.05, 0.1) is 17.2 Å². The van der Waals surface area contributed by atoms with Gasteiger partial charge in [-0.1, -0.05) is 11.6 Å². The normalized spacial score (nSPS) is 15.2. The molecule has 3 nitrogen and oxygen atoms in total. The minimum Gasteiger partial charge on any atom is -0.385 e. The van der Waals surface area contributed by atoms with Gasteiger partial charge in [-0.15, -0.1) is 0 Å². The number of rotatable bonds is 4. The monoisotopic (exact) mass is 295 g/mol. The molecular formula is C15H16F3N3. The largest absolute Gasteiger partial charge is 0.417 e. The number of halogens is 3. The van der Waals surface area contributed by atoms with Crippen molar-refractivity contribution in [1.29, 1.82) is 5.26 Å². The van der Waals surface area contributed by atoms with Crippen LogP contribution in [0.3, 0.4) is 0 Å². The molecule has 112 valence electrons. The van der Waals surface area contributed by atoms with E-state index in [2.05, 4.69) is 16.7 Å². The van der Waals surface area contributed by atoms with Crippen LogP contribution >= 0.6 is 0 Å². The first-order valence-electron chi connectivity index (χ1n) is 6.74. The summed E-state index contributed by atoms with van der Waals surface area (Å²) >= 11 is 0. The van der Waals surface area contributed by atoms with Gasteiger partial charge in [0.2, 0.25) is 0 Å². The Hall–Kier alpha value is -2.00. The third-order valence-corrected chi connectivity index (χ3v) is 3.38. The smallest absolute Gasteiger partial charge is 0.385 e. The number of nitrogens with one attached hydrogen (secondary N) is 2. The molecule has 0 fully saturated rings. The zero-order valence-electron chi connectivity index (χ0n) is 11.4. The molecule has 0 amide bonds. The molecule has 1 aromatic carbocycles. The zero-order chi connectivity index (χ0) is 15.3. The number of nitrogens with zero attached hydrogens (tertiary/aromatic N) is 1. The van der Waals surface area contributed by atoms with Gasteiger partial charge in [0.15, 0.2) is 0 Å². The van der Waals surface area contributed by atoms with Crippen LogP contribution in [0, 0.1) is 11.3 Å². The molecule has 0 radical (unpaired) electrons. The van der Waals surface area contributed by atoms with Crippen molar-refractivity contribution in [3.63, 3.8) is 0 Å². The molecule has 1 aliphatic rings. The zero-order valence-corrected chi connectivity index (χ0v) is 11.4. The quantitative estimate of drug-likeness (QED) is 0.838. The Kier molecular flexibility index (Phi) is 4.86. The second kappa shape index (κ2) is 6.64. The van der Waals surface area contributed by atoms with E-state index in [0.717, 1.165) is 32.0 Å². The summed E-state index contributed by atoms with van der Waals surface area (Å²) in [6.45, 7) is 2.38. The Balaban J connectivity index is 2.01. The van der Waals surface area contributed by atoms with E-state index in [0.29, 0.717) is 12.2 Å². The van der Waals surface area contributed by atoms with Crippen LogP contribution in [0.25, 0.3) is 0 Å². The van der Waals surface area contributed by atoms with Crippen LogP contribution in [0.5, 0.6) is 0 Å². The minimum atomic E-state index is -4.51. The van der Waals surface area contributed by atoms with Crippen LogP contribution in [-0.4, -0.2) is 19.6 Å². The molecule has 0 saturated heterocycles. The van der Waals surface area contributed by atoms with Crippen LogP contribution in [0.1, 0.15) is 24.0 Å². The summed E-state index contributed by atoms with van der Waals surface area (Å²) in [5.74, 6) is 0. The lowest BCUT2D eigenvalue weighted by atomic mass is 10.1. The molecule has 0 bridgehead atoms. The van der Waals surface area contributed by atoms with Gasteiger partial charge in [0, 0.05) is 18.8 Å². The summed E-state index contributed by atoms with van der Waals surface area (Å²) in [5, 5.41) is 14.9. The van der Waals surface area contributed by atoms with Gasteiger partial charge >= 0.3 is 6.18 Å². The molecule has 2 rings (SSSR count). The van der Waals surface area contributed by atoms with E-state index >= 15 is 0 Å². The second-order valence-corrected chi connectivity index (χ2v) is 4.86. The van der Waals surface area contributed by atoms with Crippen molar-refractivity contribution in [2.24, 2.45) is 0 Å². The van der Waals surface area contributed by atoms with Crippen molar-refractivity contribution in [3.05, 3.63) is 41.0 Å². The van der Waals surface area contributed by atoms with E-state index in [4.69, 9.17) is 5.26 Å². The number of hydrogen-bond acceptors (Lipinski definition) is 3. The third-order valence-electron chi connectivity index (χ3n) is 3.38. The highest BCUT2D eigenvalue weighted by Gasteiger charge is 2.33. The Bertz CT molecular complexity index is 571. The van der Waals surface area contributed by atoms with Crippen LogP contribution in [0.15, 0.2) is 29.8 Å². The summed E-state index contributed by atoms with van der Waals surface area (Å²) in [7, 11) is 0. The Morgan fingerprint density at radius 1 is 1.33 bits per heavy atom. The maximum Gasteiger partial charge on any atom is 0.417 e. The number of alkyl halides is 3. The Labute approximate surface area is 121 Å². The summed E-state index contributed by atoms with van der Waals surface area (Å²) in [5.41, 5.74) is 0.451. The molecule has 0 aliphatic carbocycles. The molecule has 0 atom stereocenters. The van der Waals surface area contributed by atoms with Crippen molar-refractivity contribution in [1.82, 2.24) is 5.32 Å². The average Bonchev–Trinajstić information content (AvgIpc) is 2.47. The fraction of sp³-hybridized carbons (Fsp3) is 0.400. The van der Waals surface area contributed by atoms with Crippen molar-refractivity contribution < 1.29 is 13.2 Å². The van der Waals surface area contributed by atoms with E-state index in [1.807, 2.05) is 0 Å². The molecule has 6 heteroatoms. The topological polar surface area (TPSA) is 47.9 Å². The van der Waals surface area contributed by atoms with E-state index in [1.165, 1.54) is 17.7 Å². The van der Waals surface area contributed by atoms with Crippen LogP contribution < -0.4 is 10.6 Å². The maximum absolute atomic E-state index is 12.8. The van der Waals surface area contributed by atoms with E-state index in [-0.39, 0.29) is 5.56 Å². The predicted octanol–water partition coefficient (Wildman–Crippen LogP) is 3.30. The molecule has 1 aliphatic heterocycles. The van der Waals surface area contributed by atoms with Crippen molar-refractivity contribution in [3.8, 4) is 6.07 Å². The first-order chi connectivity index (χ1) is 10.0. The van der Waals surface area contributed by atoms with Gasteiger partial charge in [-0.25, -0.2) is 0 Å². The molecule has 2 N–H and O–H groups in total. The molecule has 0 saturated carbocycles. The van der Waals surface area contributed by atoms with Gasteiger partial charge in [0.1, 0.15) is 0 Å². The van der Waals surface area contributed by atoms with Crippen LogP contribution in [-0.2, 0) is 6.18 Å². The lowest BCUT2D eigenvalue weighted by Gasteiger charge is -2.15. The Morgan fingerprint density at radius 3 is 2.76 bits per heavy atom. The predicted molar refractivity (Wildman–Crippen MR) is 74.8 cm³/mol. The SMILES string of the molecule is N#Cc1ccc(NCCC2=CCNCC2)cc1C(F)(F)F. The van der Waals surface area contributed by atoms with E-state index in [1.54, 1.807) is 6.07 Å². The van der Waals surface area contributed by atoms with E-state index < -0.39 is 11.7 Å². The number of anilines is 1. The van der Waals surface area contributed by atoms with Crippen LogP contribution in [0.4, 0.5) is 18.9 Å². The summed E-state index contributed by atoms with van der Waals surface area (Å²) in [6.07, 6.45) is -0.614. The van der Waals surface area contributed by atoms with Crippen molar-refractivity contribution in [2.45, 2.75) is 19.0 Å². The Morgan fingerprint density at radius 2 is 2.14 bits per heavy atom. The highest BCUT2D eigenvalue weighted by molar-refractivity contribution is 5.53. The molecule has 0 aromatic heterocycles. The molecule has 1 aromatic rings. The molecule has 0 unspecified atom stereocenters. The molecule has 0 spiro atoms. The maximum atomic E-state index is 12.8. The first-order valence-corrected chi connectivity index (χ1v) is 6.74. The van der Waals surface area contributed by atoms with Gasteiger partial charge in [-0.3, -0.25) is 0 Å². The molecule has 21 heavy (non-hydrogen) atoms. The standard InChI is InChI=1S/C15H16F3N3/c16-15(17,18)14-9-13(2-1-12(14)10-19)21-8-5-11-3-6-20-7-4-11/h1-3,9,20-21H,4-8H2. The van der Waals surface area contributed by atoms with E-state index in [9.17, 15) is 13.2 Å². The van der Waals surface area contributed by atoms with Gasteiger partial charge in [-0.05, 0) is 37.6 Å². The fourth-order valence-corrected chi connectivity index (χ4v) is 2.25. The number of benzene rings is 1. The lowest BCUT2D eigenvalue weighted by molar-refractivity contribution is -0.137. The highest BCUT2D eigenvalue weighted by atomic mass is 19.4. The van der Waals surface area contributed by atoms with Crippen LogP contribution in [0.2, 0.25) is 0 Å². The molecular weight excluding hydrogens is 279 g/mol.